The summed E-state index contributed by atoms with van der Waals surface area (Å²) in [4.78, 5) is 41.4. The number of benzene rings is 2. The number of hydrogen-bond donors (Lipinski definition) is 1. The van der Waals surface area contributed by atoms with Gasteiger partial charge in [-0.05, 0) is 57.0 Å². The molecular formula is C31H35NO8. The molecule has 1 aliphatic carbocycles. The highest BCUT2D eigenvalue weighted by atomic mass is 16.5. The Bertz CT molecular complexity index is 1380. The summed E-state index contributed by atoms with van der Waals surface area (Å²) < 4.78 is 27.6. The summed E-state index contributed by atoms with van der Waals surface area (Å²) in [6.07, 6.45) is 0.307. The van der Waals surface area contributed by atoms with Crippen molar-refractivity contribution in [2.45, 2.75) is 39.0 Å². The second kappa shape index (κ2) is 12.3. The molecule has 0 unspecified atom stereocenters. The first-order chi connectivity index (χ1) is 19.3. The Labute approximate surface area is 234 Å². The van der Waals surface area contributed by atoms with E-state index in [0.29, 0.717) is 46.2 Å². The van der Waals surface area contributed by atoms with E-state index in [4.69, 9.17) is 23.7 Å². The molecule has 0 saturated carbocycles. The summed E-state index contributed by atoms with van der Waals surface area (Å²) in [5, 5.41) is 3.31. The molecule has 2 aromatic rings. The van der Waals surface area contributed by atoms with Crippen LogP contribution in [0.4, 0.5) is 0 Å². The van der Waals surface area contributed by atoms with E-state index < -0.39 is 35.5 Å². The van der Waals surface area contributed by atoms with E-state index in [1.54, 1.807) is 52.1 Å². The van der Waals surface area contributed by atoms with Crippen molar-refractivity contribution in [2.75, 3.05) is 34.5 Å². The number of ether oxygens (including phenoxy) is 5. The van der Waals surface area contributed by atoms with Gasteiger partial charge in [0.2, 0.25) is 0 Å². The van der Waals surface area contributed by atoms with Gasteiger partial charge in [0, 0.05) is 28.4 Å². The third kappa shape index (κ3) is 5.15. The molecule has 0 fully saturated rings. The van der Waals surface area contributed by atoms with Crippen LogP contribution >= 0.6 is 0 Å². The maximum Gasteiger partial charge on any atom is 0.336 e. The first-order valence-electron chi connectivity index (χ1n) is 13.2. The standard InChI is InChI=1S/C31H35NO8/c1-7-39-30(34)25-17(3)32-22-16-20(19-11-9-10-12-23(19)37-5)27(31(35)40-8-2)29(33)28(22)26(25)21-15-18(36-4)13-14-24(21)38-6/h9-15,20,26-27,32H,7-8,16H2,1-6H3/t20-,26-,27-/m1/s1. The average Bonchev–Trinajstić information content (AvgIpc) is 2.96. The van der Waals surface area contributed by atoms with E-state index in [0.717, 1.165) is 5.56 Å². The number of dihydropyridines is 1. The highest BCUT2D eigenvalue weighted by molar-refractivity contribution is 6.13. The van der Waals surface area contributed by atoms with Crippen molar-refractivity contribution in [3.63, 3.8) is 0 Å². The Kier molecular flexibility index (Phi) is 8.82. The van der Waals surface area contributed by atoms with E-state index in [1.165, 1.54) is 14.2 Å². The molecule has 0 spiro atoms. The lowest BCUT2D eigenvalue weighted by Crippen LogP contribution is -2.43. The zero-order valence-electron chi connectivity index (χ0n) is 23.7. The lowest BCUT2D eigenvalue weighted by Gasteiger charge is -2.40. The van der Waals surface area contributed by atoms with Crippen molar-refractivity contribution >= 4 is 17.7 Å². The fourth-order valence-corrected chi connectivity index (χ4v) is 5.66. The highest BCUT2D eigenvalue weighted by Crippen LogP contribution is 2.51. The first kappa shape index (κ1) is 28.7. The molecule has 1 aliphatic heterocycles. The number of methoxy groups -OCH3 is 3. The van der Waals surface area contributed by atoms with Gasteiger partial charge < -0.3 is 29.0 Å². The number of rotatable bonds is 9. The van der Waals surface area contributed by atoms with Gasteiger partial charge in [-0.1, -0.05) is 18.2 Å². The lowest BCUT2D eigenvalue weighted by atomic mass is 9.67. The molecule has 2 aromatic carbocycles. The summed E-state index contributed by atoms with van der Waals surface area (Å²) in [7, 11) is 4.60. The Morgan fingerprint density at radius 3 is 2.23 bits per heavy atom. The van der Waals surface area contributed by atoms with Crippen LogP contribution in [-0.4, -0.2) is 52.3 Å². The van der Waals surface area contributed by atoms with Gasteiger partial charge in [0.05, 0.1) is 46.0 Å². The van der Waals surface area contributed by atoms with Gasteiger partial charge in [0.15, 0.2) is 5.78 Å². The molecular weight excluding hydrogens is 514 g/mol. The van der Waals surface area contributed by atoms with Crippen molar-refractivity contribution in [3.05, 3.63) is 76.1 Å². The van der Waals surface area contributed by atoms with Crippen LogP contribution in [-0.2, 0) is 23.9 Å². The quantitative estimate of drug-likeness (QED) is 0.359. The molecule has 2 aliphatic rings. The smallest absolute Gasteiger partial charge is 0.336 e. The number of nitrogens with one attached hydrogen (secondary N) is 1. The maximum absolute atomic E-state index is 14.5. The average molecular weight is 550 g/mol. The predicted octanol–water partition coefficient (Wildman–Crippen LogP) is 4.43. The van der Waals surface area contributed by atoms with Gasteiger partial charge in [0.25, 0.3) is 0 Å². The van der Waals surface area contributed by atoms with Gasteiger partial charge in [-0.15, -0.1) is 0 Å². The van der Waals surface area contributed by atoms with E-state index in [-0.39, 0.29) is 18.8 Å². The maximum atomic E-state index is 14.5. The summed E-state index contributed by atoms with van der Waals surface area (Å²) in [6.45, 7) is 5.46. The van der Waals surface area contributed by atoms with Crippen LogP contribution < -0.4 is 19.5 Å². The monoisotopic (exact) mass is 549 g/mol. The van der Waals surface area contributed by atoms with Gasteiger partial charge in [-0.2, -0.15) is 0 Å². The van der Waals surface area contributed by atoms with Crippen LogP contribution in [0.25, 0.3) is 0 Å². The fourth-order valence-electron chi connectivity index (χ4n) is 5.66. The molecule has 1 N–H and O–H groups in total. The molecule has 9 heteroatoms. The minimum atomic E-state index is -1.15. The molecule has 4 rings (SSSR count). The summed E-state index contributed by atoms with van der Waals surface area (Å²) in [6, 6.07) is 12.5. The number of ketones is 1. The Morgan fingerprint density at radius 2 is 1.57 bits per heavy atom. The minimum Gasteiger partial charge on any atom is -0.497 e. The zero-order valence-corrected chi connectivity index (χ0v) is 23.7. The van der Waals surface area contributed by atoms with Crippen molar-refractivity contribution < 1.29 is 38.1 Å². The van der Waals surface area contributed by atoms with Crippen LogP contribution in [0.1, 0.15) is 50.2 Å². The number of Topliss-reactive ketones (excluding diaryl/α,β-unsaturated/α-hetero) is 1. The van der Waals surface area contributed by atoms with Crippen LogP contribution in [0.15, 0.2) is 65.0 Å². The Balaban J connectivity index is 1.98. The molecule has 0 saturated heterocycles. The van der Waals surface area contributed by atoms with E-state index in [9.17, 15) is 14.4 Å². The second-order valence-electron chi connectivity index (χ2n) is 9.46. The summed E-state index contributed by atoms with van der Waals surface area (Å²) in [5.41, 5.74) is 2.99. The number of hydrogen-bond acceptors (Lipinski definition) is 9. The van der Waals surface area contributed by atoms with Gasteiger partial charge >= 0.3 is 11.9 Å². The van der Waals surface area contributed by atoms with Gasteiger partial charge in [0.1, 0.15) is 23.2 Å². The first-order valence-corrected chi connectivity index (χ1v) is 13.2. The molecule has 3 atom stereocenters. The molecule has 40 heavy (non-hydrogen) atoms. The van der Waals surface area contributed by atoms with E-state index in [1.807, 2.05) is 18.2 Å². The SMILES string of the molecule is CCOC(=O)C1=C(C)NC2=C(C(=O)[C@H](C(=O)OCC)[C@@H](c3ccccc3OC)C2)[C@@H]1c1cc(OC)ccc1OC. The van der Waals surface area contributed by atoms with E-state index >= 15 is 0 Å². The highest BCUT2D eigenvalue weighted by Gasteiger charge is 2.50. The third-order valence-electron chi connectivity index (χ3n) is 7.34. The van der Waals surface area contributed by atoms with E-state index in [2.05, 4.69) is 5.32 Å². The van der Waals surface area contributed by atoms with Crippen molar-refractivity contribution in [1.82, 2.24) is 5.32 Å². The number of allylic oxidation sites excluding steroid dienone is 3. The van der Waals surface area contributed by atoms with Crippen LogP contribution in [0.5, 0.6) is 17.2 Å². The molecule has 0 bridgehead atoms. The Morgan fingerprint density at radius 1 is 0.900 bits per heavy atom. The number of carbonyl (C=O) groups excluding carboxylic acids is 3. The van der Waals surface area contributed by atoms with Crippen molar-refractivity contribution in [3.8, 4) is 17.2 Å². The number of esters is 2. The van der Waals surface area contributed by atoms with Crippen LogP contribution in [0.3, 0.4) is 0 Å². The molecule has 9 nitrogen and oxygen atoms in total. The molecule has 1 heterocycles. The summed E-state index contributed by atoms with van der Waals surface area (Å²) >= 11 is 0. The fraction of sp³-hybridized carbons (Fsp3) is 0.387. The predicted molar refractivity (Wildman–Crippen MR) is 147 cm³/mol. The number of para-hydroxylation sites is 1. The normalized spacial score (nSPS) is 20.4. The number of carbonyl (C=O) groups is 3. The third-order valence-corrected chi connectivity index (χ3v) is 7.34. The second-order valence-corrected chi connectivity index (χ2v) is 9.46. The topological polar surface area (TPSA) is 109 Å². The van der Waals surface area contributed by atoms with Gasteiger partial charge in [-0.25, -0.2) is 4.79 Å². The van der Waals surface area contributed by atoms with Crippen LogP contribution in [0, 0.1) is 5.92 Å². The molecule has 0 radical (unpaired) electrons. The Hall–Kier alpha value is -4.27. The molecule has 212 valence electrons. The van der Waals surface area contributed by atoms with Crippen molar-refractivity contribution in [2.24, 2.45) is 5.92 Å². The molecule has 0 aromatic heterocycles. The van der Waals surface area contributed by atoms with Crippen LogP contribution in [0.2, 0.25) is 0 Å². The molecule has 0 amide bonds. The minimum absolute atomic E-state index is 0.117. The van der Waals surface area contributed by atoms with Gasteiger partial charge in [-0.3, -0.25) is 9.59 Å². The zero-order chi connectivity index (χ0) is 29.0. The largest absolute Gasteiger partial charge is 0.497 e. The van der Waals surface area contributed by atoms with Crippen molar-refractivity contribution in [1.29, 1.82) is 0 Å². The summed E-state index contributed by atoms with van der Waals surface area (Å²) in [5.74, 6) is -2.67. The lowest BCUT2D eigenvalue weighted by molar-refractivity contribution is -0.152.